The van der Waals surface area contributed by atoms with E-state index < -0.39 is 5.54 Å². The van der Waals surface area contributed by atoms with Crippen molar-refractivity contribution in [1.29, 1.82) is 0 Å². The maximum Gasteiger partial charge on any atom is 0.217 e. The fourth-order valence-electron chi connectivity index (χ4n) is 2.48. The molecule has 0 aliphatic heterocycles. The number of benzene rings is 2. The van der Waals surface area contributed by atoms with Gasteiger partial charge in [-0.25, -0.2) is 0 Å². The molecule has 2 aromatic carbocycles. The summed E-state index contributed by atoms with van der Waals surface area (Å²) in [4.78, 5) is 24.2. The van der Waals surface area contributed by atoms with Crippen LogP contribution in [0.2, 0.25) is 0 Å². The third-order valence-electron chi connectivity index (χ3n) is 3.61. The van der Waals surface area contributed by atoms with Gasteiger partial charge in [0.15, 0.2) is 5.78 Å². The fraction of sp³-hybridized carbons (Fsp3) is 0.222. The van der Waals surface area contributed by atoms with Gasteiger partial charge in [0.25, 0.3) is 0 Å². The molecule has 0 aromatic heterocycles. The SMILES string of the molecule is CC(=O)NC(C)(CC(=O)c1ccc(Br)cc1)c1ccc(Br)cc1. The first-order valence-corrected chi connectivity index (χ1v) is 8.72. The van der Waals surface area contributed by atoms with Crippen LogP contribution in [0, 0.1) is 0 Å². The number of ketones is 1. The van der Waals surface area contributed by atoms with E-state index in [2.05, 4.69) is 37.2 Å². The van der Waals surface area contributed by atoms with Crippen LogP contribution in [0.15, 0.2) is 57.5 Å². The molecule has 0 spiro atoms. The number of Topliss-reactive ketones (excluding diaryl/α,β-unsaturated/α-hetero) is 1. The Morgan fingerprint density at radius 2 is 1.43 bits per heavy atom. The van der Waals surface area contributed by atoms with E-state index in [1.807, 2.05) is 43.3 Å². The largest absolute Gasteiger partial charge is 0.347 e. The van der Waals surface area contributed by atoms with Crippen molar-refractivity contribution in [2.24, 2.45) is 0 Å². The van der Waals surface area contributed by atoms with Crippen molar-refractivity contribution >= 4 is 43.6 Å². The van der Waals surface area contributed by atoms with Crippen LogP contribution in [0.5, 0.6) is 0 Å². The Morgan fingerprint density at radius 3 is 1.91 bits per heavy atom. The number of amides is 1. The molecule has 1 unspecified atom stereocenters. The van der Waals surface area contributed by atoms with Crippen LogP contribution in [0.25, 0.3) is 0 Å². The topological polar surface area (TPSA) is 46.2 Å². The molecular weight excluding hydrogens is 422 g/mol. The number of rotatable bonds is 5. The quantitative estimate of drug-likeness (QED) is 0.679. The van der Waals surface area contributed by atoms with Crippen molar-refractivity contribution in [3.05, 3.63) is 68.6 Å². The van der Waals surface area contributed by atoms with E-state index in [4.69, 9.17) is 0 Å². The highest BCUT2D eigenvalue weighted by Crippen LogP contribution is 2.28. The average Bonchev–Trinajstić information content (AvgIpc) is 2.47. The summed E-state index contributed by atoms with van der Waals surface area (Å²) < 4.78 is 1.87. The van der Waals surface area contributed by atoms with Crippen LogP contribution in [-0.4, -0.2) is 11.7 Å². The second kappa shape index (κ2) is 7.41. The maximum absolute atomic E-state index is 12.6. The van der Waals surface area contributed by atoms with E-state index in [0.717, 1.165) is 14.5 Å². The molecule has 0 aliphatic rings. The number of carbonyl (C=O) groups excluding carboxylic acids is 2. The zero-order valence-corrected chi connectivity index (χ0v) is 16.1. The number of hydrogen-bond donors (Lipinski definition) is 1. The molecule has 0 aliphatic carbocycles. The predicted molar refractivity (Wildman–Crippen MR) is 98.4 cm³/mol. The van der Waals surface area contributed by atoms with Crippen LogP contribution < -0.4 is 5.32 Å². The van der Waals surface area contributed by atoms with Crippen LogP contribution in [0.3, 0.4) is 0 Å². The van der Waals surface area contributed by atoms with Crippen LogP contribution in [0.1, 0.15) is 36.2 Å². The van der Waals surface area contributed by atoms with Gasteiger partial charge in [0.2, 0.25) is 5.91 Å². The fourth-order valence-corrected chi connectivity index (χ4v) is 3.01. The van der Waals surface area contributed by atoms with E-state index in [1.54, 1.807) is 12.1 Å². The van der Waals surface area contributed by atoms with E-state index >= 15 is 0 Å². The third kappa shape index (κ3) is 4.75. The average molecular weight is 439 g/mol. The minimum Gasteiger partial charge on any atom is -0.347 e. The number of nitrogens with one attached hydrogen (secondary N) is 1. The van der Waals surface area contributed by atoms with Gasteiger partial charge in [0, 0.05) is 27.9 Å². The van der Waals surface area contributed by atoms with Crippen molar-refractivity contribution in [3.63, 3.8) is 0 Å². The highest BCUT2D eigenvalue weighted by atomic mass is 79.9. The maximum atomic E-state index is 12.6. The Bertz CT molecular complexity index is 711. The first-order chi connectivity index (χ1) is 10.8. The van der Waals surface area contributed by atoms with Gasteiger partial charge in [-0.2, -0.15) is 0 Å². The van der Waals surface area contributed by atoms with Crippen molar-refractivity contribution in [1.82, 2.24) is 5.32 Å². The summed E-state index contributed by atoms with van der Waals surface area (Å²) in [6, 6.07) is 14.9. The Kier molecular flexibility index (Phi) is 5.76. The molecule has 2 aromatic rings. The van der Waals surface area contributed by atoms with Gasteiger partial charge in [-0.1, -0.05) is 56.1 Å². The number of halogens is 2. The van der Waals surface area contributed by atoms with Crippen molar-refractivity contribution in [2.45, 2.75) is 25.8 Å². The molecule has 0 bridgehead atoms. The van der Waals surface area contributed by atoms with Crippen LogP contribution in [0.4, 0.5) is 0 Å². The standard InChI is InChI=1S/C18H17Br2NO2/c1-12(22)21-18(2,14-5-9-16(20)10-6-14)11-17(23)13-3-7-15(19)8-4-13/h3-10H,11H2,1-2H3,(H,21,22). The number of carbonyl (C=O) groups is 2. The van der Waals surface area contributed by atoms with Gasteiger partial charge in [0.05, 0.1) is 5.54 Å². The van der Waals surface area contributed by atoms with Gasteiger partial charge >= 0.3 is 0 Å². The van der Waals surface area contributed by atoms with E-state index in [-0.39, 0.29) is 18.1 Å². The summed E-state index contributed by atoms with van der Waals surface area (Å²) in [5, 5.41) is 2.92. The normalized spacial score (nSPS) is 13.2. The summed E-state index contributed by atoms with van der Waals surface area (Å²) in [7, 11) is 0. The van der Waals surface area contributed by atoms with Crippen molar-refractivity contribution < 1.29 is 9.59 Å². The molecule has 120 valence electrons. The number of hydrogen-bond acceptors (Lipinski definition) is 2. The van der Waals surface area contributed by atoms with Crippen LogP contribution in [-0.2, 0) is 10.3 Å². The molecule has 0 fully saturated rings. The zero-order valence-electron chi connectivity index (χ0n) is 12.9. The van der Waals surface area contributed by atoms with Gasteiger partial charge in [-0.05, 0) is 36.8 Å². The molecule has 2 rings (SSSR count). The minimum atomic E-state index is -0.753. The third-order valence-corrected chi connectivity index (χ3v) is 4.67. The molecule has 1 N–H and O–H groups in total. The van der Waals surface area contributed by atoms with Gasteiger partial charge in [0.1, 0.15) is 0 Å². The molecule has 1 amide bonds. The lowest BCUT2D eigenvalue weighted by atomic mass is 9.85. The minimum absolute atomic E-state index is 0.0170. The highest BCUT2D eigenvalue weighted by Gasteiger charge is 2.30. The molecule has 0 saturated heterocycles. The molecule has 3 nitrogen and oxygen atoms in total. The first kappa shape index (κ1) is 17.9. The van der Waals surface area contributed by atoms with Crippen molar-refractivity contribution in [3.8, 4) is 0 Å². The molecular formula is C18H17Br2NO2. The predicted octanol–water partition coefficient (Wildman–Crippen LogP) is 4.84. The molecule has 0 heterocycles. The van der Waals surface area contributed by atoms with E-state index in [1.165, 1.54) is 6.92 Å². The lowest BCUT2D eigenvalue weighted by Crippen LogP contribution is -2.44. The first-order valence-electron chi connectivity index (χ1n) is 7.14. The van der Waals surface area contributed by atoms with Gasteiger partial charge < -0.3 is 5.32 Å². The molecule has 0 saturated carbocycles. The highest BCUT2D eigenvalue weighted by molar-refractivity contribution is 9.10. The van der Waals surface area contributed by atoms with Crippen molar-refractivity contribution in [2.75, 3.05) is 0 Å². The summed E-state index contributed by atoms with van der Waals surface area (Å²) in [5.41, 5.74) is 0.764. The zero-order chi connectivity index (χ0) is 17.0. The molecule has 5 heteroatoms. The smallest absolute Gasteiger partial charge is 0.217 e. The summed E-state index contributed by atoms with van der Waals surface area (Å²) >= 11 is 6.76. The Hall–Kier alpha value is -1.46. The Labute approximate surface area is 152 Å². The lowest BCUT2D eigenvalue weighted by molar-refractivity contribution is -0.120. The Morgan fingerprint density at radius 1 is 0.957 bits per heavy atom. The lowest BCUT2D eigenvalue weighted by Gasteiger charge is -2.30. The summed E-state index contributed by atoms with van der Waals surface area (Å²) in [6.07, 6.45) is 0.190. The van der Waals surface area contributed by atoms with Gasteiger partial charge in [-0.15, -0.1) is 0 Å². The second-order valence-electron chi connectivity index (χ2n) is 5.63. The van der Waals surface area contributed by atoms with E-state index in [9.17, 15) is 9.59 Å². The summed E-state index contributed by atoms with van der Waals surface area (Å²) in [6.45, 7) is 3.33. The Balaban J connectivity index is 2.31. The van der Waals surface area contributed by atoms with Crippen LogP contribution >= 0.6 is 31.9 Å². The van der Waals surface area contributed by atoms with Gasteiger partial charge in [-0.3, -0.25) is 9.59 Å². The van der Waals surface area contributed by atoms with E-state index in [0.29, 0.717) is 5.56 Å². The summed E-state index contributed by atoms with van der Waals surface area (Å²) in [5.74, 6) is -0.185. The monoisotopic (exact) mass is 437 g/mol. The molecule has 1 atom stereocenters. The molecule has 0 radical (unpaired) electrons. The second-order valence-corrected chi connectivity index (χ2v) is 7.46. The molecule has 23 heavy (non-hydrogen) atoms.